The topological polar surface area (TPSA) is 37.8 Å². The first kappa shape index (κ1) is 13.2. The summed E-state index contributed by atoms with van der Waals surface area (Å²) in [7, 11) is 0. The Kier molecular flexibility index (Phi) is 5.00. The third kappa shape index (κ3) is 3.97. The van der Waals surface area contributed by atoms with Crippen LogP contribution in [0.2, 0.25) is 0 Å². The fourth-order valence-electron chi connectivity index (χ4n) is 1.29. The average molecular weight is 242 g/mol. The molecule has 1 N–H and O–H groups in total. The van der Waals surface area contributed by atoms with Gasteiger partial charge in [0, 0.05) is 23.8 Å². The molecule has 0 aliphatic heterocycles. The first-order chi connectivity index (χ1) is 7.52. The van der Waals surface area contributed by atoms with Gasteiger partial charge in [-0.2, -0.15) is 0 Å². The van der Waals surface area contributed by atoms with Crippen molar-refractivity contribution in [2.24, 2.45) is 5.92 Å². The largest absolute Gasteiger partial charge is 0.354 e. The van der Waals surface area contributed by atoms with Gasteiger partial charge in [-0.25, -0.2) is 9.97 Å². The summed E-state index contributed by atoms with van der Waals surface area (Å²) in [5.41, 5.74) is 2.08. The molecule has 0 radical (unpaired) electrons. The van der Waals surface area contributed by atoms with Crippen LogP contribution in [0.5, 0.6) is 0 Å². The lowest BCUT2D eigenvalue weighted by Gasteiger charge is -2.12. The molecule has 0 fully saturated rings. The molecule has 0 bridgehead atoms. The van der Waals surface area contributed by atoms with E-state index in [0.29, 0.717) is 23.7 Å². The number of nitrogens with one attached hydrogen (secondary N) is 1. The van der Waals surface area contributed by atoms with Crippen LogP contribution in [0.4, 0.5) is 5.95 Å². The number of aryl methyl sites for hydroxylation is 1. The van der Waals surface area contributed by atoms with Gasteiger partial charge in [0.1, 0.15) is 0 Å². The highest BCUT2D eigenvalue weighted by Crippen LogP contribution is 2.14. The quantitative estimate of drug-likeness (QED) is 0.805. The van der Waals surface area contributed by atoms with Gasteiger partial charge in [-0.3, -0.25) is 0 Å². The van der Waals surface area contributed by atoms with Crippen LogP contribution in [0.25, 0.3) is 0 Å². The van der Waals surface area contributed by atoms with Gasteiger partial charge in [0.05, 0.1) is 0 Å². The zero-order chi connectivity index (χ0) is 12.1. The van der Waals surface area contributed by atoms with Crippen molar-refractivity contribution < 1.29 is 0 Å². The number of hydrogen-bond donors (Lipinski definition) is 1. The van der Waals surface area contributed by atoms with Crippen LogP contribution >= 0.6 is 11.6 Å². The fraction of sp³-hybridized carbons (Fsp3) is 0.667. The molecule has 0 aromatic carbocycles. The second-order valence-corrected chi connectivity index (χ2v) is 4.86. The monoisotopic (exact) mass is 241 g/mol. The Morgan fingerprint density at radius 3 is 2.56 bits per heavy atom. The van der Waals surface area contributed by atoms with Crippen LogP contribution in [-0.4, -0.2) is 22.4 Å². The van der Waals surface area contributed by atoms with Gasteiger partial charge in [0.2, 0.25) is 5.95 Å². The molecule has 0 amide bonds. The third-order valence-electron chi connectivity index (χ3n) is 2.34. The molecule has 90 valence electrons. The Morgan fingerprint density at radius 1 is 1.31 bits per heavy atom. The summed E-state index contributed by atoms with van der Waals surface area (Å²) in [5.74, 6) is 2.21. The molecule has 1 aromatic heterocycles. The molecule has 0 aliphatic rings. The lowest BCUT2D eigenvalue weighted by Crippen LogP contribution is -2.15. The van der Waals surface area contributed by atoms with Crippen molar-refractivity contribution in [1.82, 2.24) is 9.97 Å². The fourth-order valence-corrected chi connectivity index (χ4v) is 1.40. The van der Waals surface area contributed by atoms with Crippen LogP contribution in [-0.2, 0) is 0 Å². The molecule has 1 aromatic rings. The minimum absolute atomic E-state index is 0.424. The Balaban J connectivity index is 2.72. The van der Waals surface area contributed by atoms with Crippen LogP contribution in [0.3, 0.4) is 0 Å². The summed E-state index contributed by atoms with van der Waals surface area (Å²) in [5, 5.41) is 3.22. The molecule has 1 atom stereocenters. The number of anilines is 1. The predicted molar refractivity (Wildman–Crippen MR) is 69.2 cm³/mol. The Labute approximate surface area is 103 Å². The van der Waals surface area contributed by atoms with Crippen LogP contribution in [0.1, 0.15) is 38.1 Å². The Bertz CT molecular complexity index is 339. The summed E-state index contributed by atoms with van der Waals surface area (Å²) in [4.78, 5) is 8.83. The molecular formula is C12H20ClN3. The second kappa shape index (κ2) is 6.04. The van der Waals surface area contributed by atoms with Crippen molar-refractivity contribution in [1.29, 1.82) is 0 Å². The van der Waals surface area contributed by atoms with E-state index in [4.69, 9.17) is 11.6 Å². The standard InChI is InChI=1S/C12H20ClN3/c1-8(2)11-5-10(4)15-12(16-11)14-7-9(3)6-13/h5,8-9H,6-7H2,1-4H3,(H,14,15,16). The number of halogens is 1. The van der Waals surface area contributed by atoms with Gasteiger partial charge in [-0.15, -0.1) is 11.6 Å². The minimum atomic E-state index is 0.424. The van der Waals surface area contributed by atoms with E-state index in [2.05, 4.69) is 36.1 Å². The number of rotatable bonds is 5. The van der Waals surface area contributed by atoms with E-state index in [1.807, 2.05) is 13.0 Å². The average Bonchev–Trinajstić information content (AvgIpc) is 2.25. The molecule has 1 heterocycles. The highest BCUT2D eigenvalue weighted by atomic mass is 35.5. The zero-order valence-electron chi connectivity index (χ0n) is 10.4. The smallest absolute Gasteiger partial charge is 0.223 e. The normalized spacial score (nSPS) is 12.9. The van der Waals surface area contributed by atoms with Gasteiger partial charge in [0.25, 0.3) is 0 Å². The van der Waals surface area contributed by atoms with Crippen LogP contribution < -0.4 is 5.32 Å². The number of nitrogens with zero attached hydrogens (tertiary/aromatic N) is 2. The molecule has 16 heavy (non-hydrogen) atoms. The van der Waals surface area contributed by atoms with Crippen molar-refractivity contribution >= 4 is 17.5 Å². The molecule has 1 rings (SSSR count). The predicted octanol–water partition coefficient (Wildman–Crippen LogP) is 3.20. The maximum Gasteiger partial charge on any atom is 0.223 e. The molecule has 0 aliphatic carbocycles. The SMILES string of the molecule is Cc1cc(C(C)C)nc(NCC(C)CCl)n1. The van der Waals surface area contributed by atoms with Gasteiger partial charge >= 0.3 is 0 Å². The van der Waals surface area contributed by atoms with Crippen molar-refractivity contribution in [3.8, 4) is 0 Å². The van der Waals surface area contributed by atoms with Gasteiger partial charge in [-0.1, -0.05) is 20.8 Å². The molecule has 0 spiro atoms. The lowest BCUT2D eigenvalue weighted by molar-refractivity contribution is 0.689. The van der Waals surface area contributed by atoms with Crippen molar-refractivity contribution in [3.63, 3.8) is 0 Å². The van der Waals surface area contributed by atoms with E-state index in [0.717, 1.165) is 17.9 Å². The van der Waals surface area contributed by atoms with Gasteiger partial charge in [-0.05, 0) is 24.8 Å². The summed E-state index contributed by atoms with van der Waals surface area (Å²) in [6.45, 7) is 9.16. The highest BCUT2D eigenvalue weighted by Gasteiger charge is 2.06. The zero-order valence-corrected chi connectivity index (χ0v) is 11.2. The van der Waals surface area contributed by atoms with Gasteiger partial charge in [0.15, 0.2) is 0 Å². The Morgan fingerprint density at radius 2 is 2.00 bits per heavy atom. The molecule has 4 heteroatoms. The van der Waals surface area contributed by atoms with E-state index in [1.165, 1.54) is 0 Å². The van der Waals surface area contributed by atoms with Crippen LogP contribution in [0, 0.1) is 12.8 Å². The van der Waals surface area contributed by atoms with Crippen molar-refractivity contribution in [2.45, 2.75) is 33.6 Å². The summed E-state index contributed by atoms with van der Waals surface area (Å²) in [6, 6.07) is 2.03. The van der Waals surface area contributed by atoms with E-state index < -0.39 is 0 Å². The summed E-state index contributed by atoms with van der Waals surface area (Å²) in [6.07, 6.45) is 0. The first-order valence-corrected chi connectivity index (χ1v) is 6.21. The second-order valence-electron chi connectivity index (χ2n) is 4.55. The third-order valence-corrected chi connectivity index (χ3v) is 2.86. The first-order valence-electron chi connectivity index (χ1n) is 5.68. The van der Waals surface area contributed by atoms with Crippen molar-refractivity contribution in [3.05, 3.63) is 17.5 Å². The molecule has 0 saturated heterocycles. The molecule has 1 unspecified atom stereocenters. The van der Waals surface area contributed by atoms with E-state index >= 15 is 0 Å². The molecule has 3 nitrogen and oxygen atoms in total. The lowest BCUT2D eigenvalue weighted by atomic mass is 10.1. The molecular weight excluding hydrogens is 222 g/mol. The van der Waals surface area contributed by atoms with E-state index in [1.54, 1.807) is 0 Å². The maximum absolute atomic E-state index is 5.75. The summed E-state index contributed by atoms with van der Waals surface area (Å²) >= 11 is 5.75. The number of hydrogen-bond acceptors (Lipinski definition) is 3. The molecule has 0 saturated carbocycles. The maximum atomic E-state index is 5.75. The van der Waals surface area contributed by atoms with Gasteiger partial charge < -0.3 is 5.32 Å². The van der Waals surface area contributed by atoms with Crippen LogP contribution in [0.15, 0.2) is 6.07 Å². The van der Waals surface area contributed by atoms with E-state index in [-0.39, 0.29) is 0 Å². The van der Waals surface area contributed by atoms with E-state index in [9.17, 15) is 0 Å². The minimum Gasteiger partial charge on any atom is -0.354 e. The Hall–Kier alpha value is -0.830. The number of aromatic nitrogens is 2. The summed E-state index contributed by atoms with van der Waals surface area (Å²) < 4.78 is 0. The van der Waals surface area contributed by atoms with Crippen molar-refractivity contribution in [2.75, 3.05) is 17.7 Å². The highest BCUT2D eigenvalue weighted by molar-refractivity contribution is 6.18. The number of alkyl halides is 1.